The van der Waals surface area contributed by atoms with Crippen molar-refractivity contribution in [3.8, 4) is 0 Å². The molecule has 0 aromatic carbocycles. The Morgan fingerprint density at radius 2 is 2.22 bits per heavy atom. The average molecular weight is 253 g/mol. The molecule has 102 valence electrons. The normalized spacial score (nSPS) is 24.6. The Labute approximate surface area is 108 Å². The molecule has 0 bridgehead atoms. The lowest BCUT2D eigenvalue weighted by atomic mass is 9.94. The van der Waals surface area contributed by atoms with Gasteiger partial charge < -0.3 is 14.7 Å². The molecular weight excluding hydrogens is 230 g/mol. The minimum atomic E-state index is -0.108. The third-order valence-corrected chi connectivity index (χ3v) is 3.92. The molecule has 0 spiro atoms. The van der Waals surface area contributed by atoms with Crippen LogP contribution in [0.3, 0.4) is 0 Å². The number of hydrogen-bond acceptors (Lipinski definition) is 4. The van der Waals surface area contributed by atoms with E-state index in [1.165, 1.54) is 0 Å². The van der Waals surface area contributed by atoms with Crippen LogP contribution in [0, 0.1) is 6.92 Å². The number of hydrogen-bond donors (Lipinski definition) is 1. The number of aliphatic hydroxyl groups excluding tert-OH is 1. The Balaban J connectivity index is 2.31. The van der Waals surface area contributed by atoms with Crippen LogP contribution in [0.5, 0.6) is 0 Å². The molecule has 0 radical (unpaired) electrons. The molecule has 0 saturated carbocycles. The van der Waals surface area contributed by atoms with Gasteiger partial charge in [0.2, 0.25) is 0 Å². The number of methoxy groups -OCH3 is 1. The molecule has 18 heavy (non-hydrogen) atoms. The third kappa shape index (κ3) is 2.24. The van der Waals surface area contributed by atoms with Gasteiger partial charge in [0.1, 0.15) is 5.82 Å². The van der Waals surface area contributed by atoms with Gasteiger partial charge in [-0.15, -0.1) is 0 Å². The molecule has 1 aromatic rings. The molecule has 1 fully saturated rings. The van der Waals surface area contributed by atoms with Crippen LogP contribution in [0.15, 0.2) is 0 Å². The van der Waals surface area contributed by atoms with Gasteiger partial charge in [-0.25, -0.2) is 0 Å². The lowest BCUT2D eigenvalue weighted by molar-refractivity contribution is -0.00501. The van der Waals surface area contributed by atoms with Crippen LogP contribution in [0.2, 0.25) is 0 Å². The number of aliphatic hydroxyl groups is 1. The minimum Gasteiger partial charge on any atom is -0.391 e. The molecule has 0 aliphatic carbocycles. The van der Waals surface area contributed by atoms with Crippen molar-refractivity contribution in [3.63, 3.8) is 0 Å². The first-order chi connectivity index (χ1) is 8.50. The molecule has 1 aliphatic rings. The molecule has 1 atom stereocenters. The molecule has 5 heteroatoms. The van der Waals surface area contributed by atoms with Crippen molar-refractivity contribution < 1.29 is 9.84 Å². The number of piperidine rings is 1. The first kappa shape index (κ1) is 13.4. The van der Waals surface area contributed by atoms with Crippen molar-refractivity contribution in [1.82, 2.24) is 9.78 Å². The highest BCUT2D eigenvalue weighted by Gasteiger charge is 2.33. The Hall–Kier alpha value is -1.07. The zero-order valence-corrected chi connectivity index (χ0v) is 11.7. The Bertz CT molecular complexity index is 430. The summed E-state index contributed by atoms with van der Waals surface area (Å²) in [6.45, 7) is 5.95. The maximum absolute atomic E-state index is 9.52. The minimum absolute atomic E-state index is 0.0369. The van der Waals surface area contributed by atoms with Crippen LogP contribution in [0.1, 0.15) is 31.0 Å². The predicted octanol–water partition coefficient (Wildman–Crippen LogP) is 1.23. The van der Waals surface area contributed by atoms with E-state index in [1.807, 2.05) is 18.7 Å². The predicted molar refractivity (Wildman–Crippen MR) is 70.7 cm³/mol. The maximum Gasteiger partial charge on any atom is 0.132 e. The molecule has 5 nitrogen and oxygen atoms in total. The van der Waals surface area contributed by atoms with Crippen molar-refractivity contribution in [3.05, 3.63) is 11.3 Å². The molecule has 1 aromatic heterocycles. The highest BCUT2D eigenvalue weighted by Crippen LogP contribution is 2.31. The van der Waals surface area contributed by atoms with E-state index in [4.69, 9.17) is 4.74 Å². The van der Waals surface area contributed by atoms with E-state index in [9.17, 15) is 5.11 Å². The van der Waals surface area contributed by atoms with Crippen LogP contribution < -0.4 is 4.90 Å². The first-order valence-electron chi connectivity index (χ1n) is 6.44. The number of aromatic nitrogens is 2. The van der Waals surface area contributed by atoms with Crippen LogP contribution >= 0.6 is 0 Å². The molecule has 2 rings (SSSR count). The monoisotopic (exact) mass is 253 g/mol. The van der Waals surface area contributed by atoms with E-state index < -0.39 is 0 Å². The summed E-state index contributed by atoms with van der Waals surface area (Å²) in [4.78, 5) is 2.28. The number of aryl methyl sites for hydroxylation is 2. The highest BCUT2D eigenvalue weighted by molar-refractivity contribution is 5.50. The van der Waals surface area contributed by atoms with Crippen molar-refractivity contribution >= 4 is 5.82 Å². The molecule has 2 heterocycles. The fourth-order valence-electron chi connectivity index (χ4n) is 2.82. The Kier molecular flexibility index (Phi) is 3.64. The first-order valence-corrected chi connectivity index (χ1v) is 6.44. The van der Waals surface area contributed by atoms with E-state index in [1.54, 1.807) is 7.11 Å². The fraction of sp³-hybridized carbons (Fsp3) is 0.769. The third-order valence-electron chi connectivity index (χ3n) is 3.92. The van der Waals surface area contributed by atoms with Gasteiger partial charge in [0, 0.05) is 32.8 Å². The van der Waals surface area contributed by atoms with Gasteiger partial charge in [0.05, 0.1) is 17.9 Å². The second-order valence-electron chi connectivity index (χ2n) is 5.35. The molecular formula is C13H23N3O2. The van der Waals surface area contributed by atoms with Crippen molar-refractivity contribution in [2.45, 2.75) is 38.9 Å². The van der Waals surface area contributed by atoms with Gasteiger partial charge in [-0.3, -0.25) is 4.68 Å². The van der Waals surface area contributed by atoms with Gasteiger partial charge in [-0.2, -0.15) is 5.10 Å². The number of nitrogens with zero attached hydrogens (tertiary/aromatic N) is 3. The molecule has 1 N–H and O–H groups in total. The number of rotatable bonds is 3. The number of anilines is 1. The fourth-order valence-corrected chi connectivity index (χ4v) is 2.82. The van der Waals surface area contributed by atoms with Crippen LogP contribution in [0.25, 0.3) is 0 Å². The summed E-state index contributed by atoms with van der Waals surface area (Å²) < 4.78 is 7.48. The summed E-state index contributed by atoms with van der Waals surface area (Å²) in [7, 11) is 3.70. The average Bonchev–Trinajstić information content (AvgIpc) is 2.63. The van der Waals surface area contributed by atoms with Crippen LogP contribution in [0.4, 0.5) is 5.82 Å². The lowest BCUT2D eigenvalue weighted by Crippen LogP contribution is -2.48. The quantitative estimate of drug-likeness (QED) is 0.880. The highest BCUT2D eigenvalue weighted by atomic mass is 16.5. The second kappa shape index (κ2) is 4.90. The summed E-state index contributed by atoms with van der Waals surface area (Å²) in [6.07, 6.45) is 2.17. The molecule has 1 unspecified atom stereocenters. The van der Waals surface area contributed by atoms with Gasteiger partial charge in [-0.05, 0) is 26.7 Å². The molecule has 1 aliphatic heterocycles. The SMILES string of the molecule is COC1(C)CCCN(c2c(CO)c(C)nn2C)C1. The lowest BCUT2D eigenvalue weighted by Gasteiger charge is -2.40. The number of ether oxygens (including phenoxy) is 1. The smallest absolute Gasteiger partial charge is 0.132 e. The van der Waals surface area contributed by atoms with Crippen LogP contribution in [-0.4, -0.2) is 40.7 Å². The van der Waals surface area contributed by atoms with E-state index in [0.29, 0.717) is 0 Å². The van der Waals surface area contributed by atoms with E-state index in [0.717, 1.165) is 43.0 Å². The van der Waals surface area contributed by atoms with Crippen molar-refractivity contribution in [2.75, 3.05) is 25.1 Å². The van der Waals surface area contributed by atoms with Crippen molar-refractivity contribution in [2.24, 2.45) is 7.05 Å². The van der Waals surface area contributed by atoms with E-state index in [2.05, 4.69) is 16.9 Å². The molecule has 1 saturated heterocycles. The topological polar surface area (TPSA) is 50.5 Å². The largest absolute Gasteiger partial charge is 0.391 e. The summed E-state index contributed by atoms with van der Waals surface area (Å²) in [5.41, 5.74) is 1.72. The standard InChI is InChI=1S/C13H23N3O2/c1-10-11(8-17)12(15(3)14-10)16-7-5-6-13(2,9-16)18-4/h17H,5-9H2,1-4H3. The zero-order chi connectivity index (χ0) is 13.3. The Morgan fingerprint density at radius 1 is 1.50 bits per heavy atom. The summed E-state index contributed by atoms with van der Waals surface area (Å²) in [5, 5.41) is 13.9. The zero-order valence-electron chi connectivity index (χ0n) is 11.7. The molecule has 0 amide bonds. The summed E-state index contributed by atoms with van der Waals surface area (Å²) in [6, 6.07) is 0. The maximum atomic E-state index is 9.52. The Morgan fingerprint density at radius 3 is 2.83 bits per heavy atom. The van der Waals surface area contributed by atoms with E-state index >= 15 is 0 Å². The van der Waals surface area contributed by atoms with E-state index in [-0.39, 0.29) is 12.2 Å². The van der Waals surface area contributed by atoms with Gasteiger partial charge in [0.15, 0.2) is 0 Å². The van der Waals surface area contributed by atoms with Crippen LogP contribution in [-0.2, 0) is 18.4 Å². The van der Waals surface area contributed by atoms with Crippen molar-refractivity contribution in [1.29, 1.82) is 0 Å². The summed E-state index contributed by atoms with van der Waals surface area (Å²) >= 11 is 0. The second-order valence-corrected chi connectivity index (χ2v) is 5.35. The van der Waals surface area contributed by atoms with Gasteiger partial charge in [0.25, 0.3) is 0 Å². The van der Waals surface area contributed by atoms with Gasteiger partial charge >= 0.3 is 0 Å². The summed E-state index contributed by atoms with van der Waals surface area (Å²) in [5.74, 6) is 1.03. The van der Waals surface area contributed by atoms with Gasteiger partial charge in [-0.1, -0.05) is 0 Å².